The molecule has 5 nitrogen and oxygen atoms in total. The number of alkyl halides is 1. The van der Waals surface area contributed by atoms with Crippen LogP contribution in [0.3, 0.4) is 0 Å². The summed E-state index contributed by atoms with van der Waals surface area (Å²) in [4.78, 5) is 9.89. The molecule has 11 heteroatoms. The molecule has 23 heavy (non-hydrogen) atoms. The molecule has 0 aliphatic carbocycles. The Morgan fingerprint density at radius 2 is 1.35 bits per heavy atom. The molecule has 0 saturated carbocycles. The Bertz CT molecular complexity index is 748. The Balaban J connectivity index is 2.55. The molecular weight excluding hydrogens is 345 g/mol. The van der Waals surface area contributed by atoms with Crippen LogP contribution in [0.2, 0.25) is 0 Å². The van der Waals surface area contributed by atoms with E-state index in [4.69, 9.17) is 17.3 Å². The maximum absolute atomic E-state index is 13.6. The Morgan fingerprint density at radius 3 is 1.83 bits per heavy atom. The fourth-order valence-corrected chi connectivity index (χ4v) is 1.63. The topological polar surface area (TPSA) is 76.7 Å². The monoisotopic (exact) mass is 353 g/mol. The zero-order valence-electron chi connectivity index (χ0n) is 11.7. The fourth-order valence-electron chi connectivity index (χ4n) is 1.54. The van der Waals surface area contributed by atoms with Gasteiger partial charge >= 0.3 is 0 Å². The van der Waals surface area contributed by atoms with E-state index < -0.39 is 45.6 Å². The lowest BCUT2D eigenvalue weighted by atomic mass is 10.2. The van der Waals surface area contributed by atoms with E-state index in [2.05, 4.69) is 15.0 Å². The van der Waals surface area contributed by atoms with Crippen molar-refractivity contribution in [3.63, 3.8) is 0 Å². The van der Waals surface area contributed by atoms with E-state index in [-0.39, 0.29) is 11.8 Å². The van der Waals surface area contributed by atoms with Crippen LogP contribution < -0.4 is 11.1 Å². The van der Waals surface area contributed by atoms with Crippen LogP contribution in [0.5, 0.6) is 0 Å². The highest BCUT2D eigenvalue weighted by Crippen LogP contribution is 2.30. The number of benzene rings is 1. The molecule has 0 amide bonds. The molecule has 0 bridgehead atoms. The quantitative estimate of drug-likeness (QED) is 0.383. The van der Waals surface area contributed by atoms with E-state index in [1.54, 1.807) is 0 Å². The lowest BCUT2D eigenvalue weighted by Crippen LogP contribution is -2.17. The first kappa shape index (κ1) is 17.1. The van der Waals surface area contributed by atoms with Gasteiger partial charge in [-0.3, -0.25) is 0 Å². The lowest BCUT2D eigenvalue weighted by Gasteiger charge is -2.15. The van der Waals surface area contributed by atoms with Crippen LogP contribution in [-0.4, -0.2) is 15.0 Å². The third kappa shape index (κ3) is 3.26. The Kier molecular flexibility index (Phi) is 4.29. The predicted octanol–water partition coefficient (Wildman–Crippen LogP) is 3.37. The summed E-state index contributed by atoms with van der Waals surface area (Å²) in [5.74, 6) is -11.5. The molecule has 1 heterocycles. The number of hydrogen-bond acceptors (Lipinski definition) is 5. The van der Waals surface area contributed by atoms with Crippen LogP contribution in [0.25, 0.3) is 0 Å². The first-order chi connectivity index (χ1) is 10.5. The van der Waals surface area contributed by atoms with E-state index in [0.717, 1.165) is 0 Å². The van der Waals surface area contributed by atoms with Gasteiger partial charge < -0.3 is 11.1 Å². The molecule has 0 aliphatic rings. The molecule has 2 rings (SSSR count). The van der Waals surface area contributed by atoms with Crippen molar-refractivity contribution in [3.05, 3.63) is 34.9 Å². The Morgan fingerprint density at radius 1 is 0.870 bits per heavy atom. The second-order valence-corrected chi connectivity index (χ2v) is 5.83. The van der Waals surface area contributed by atoms with Crippen molar-refractivity contribution in [2.45, 2.75) is 18.7 Å². The number of nitrogens with two attached hydrogens (primary N) is 1. The van der Waals surface area contributed by atoms with Gasteiger partial charge in [-0.05, 0) is 13.8 Å². The predicted molar refractivity (Wildman–Crippen MR) is 72.6 cm³/mol. The van der Waals surface area contributed by atoms with E-state index in [0.29, 0.717) is 0 Å². The molecule has 0 fully saturated rings. The molecule has 124 valence electrons. The van der Waals surface area contributed by atoms with Crippen LogP contribution in [0.15, 0.2) is 0 Å². The summed E-state index contributed by atoms with van der Waals surface area (Å²) in [6.07, 6.45) is 0. The molecule has 1 aromatic carbocycles. The normalized spacial score (nSPS) is 11.7. The Labute approximate surface area is 131 Å². The molecule has 3 N–H and O–H groups in total. The maximum atomic E-state index is 13.6. The summed E-state index contributed by atoms with van der Waals surface area (Å²) in [6, 6.07) is 0. The van der Waals surface area contributed by atoms with E-state index in [1.165, 1.54) is 13.8 Å². The highest BCUT2D eigenvalue weighted by Gasteiger charge is 2.27. The molecule has 0 saturated heterocycles. The van der Waals surface area contributed by atoms with Crippen molar-refractivity contribution in [1.29, 1.82) is 0 Å². The summed E-state index contributed by atoms with van der Waals surface area (Å²) in [5.41, 5.74) is 4.10. The third-order valence-corrected chi connectivity index (χ3v) is 2.80. The van der Waals surface area contributed by atoms with Gasteiger partial charge in [-0.1, -0.05) is 0 Å². The fraction of sp³-hybridized carbons (Fsp3) is 0.250. The summed E-state index contributed by atoms with van der Waals surface area (Å²) in [7, 11) is 0. The van der Waals surface area contributed by atoms with Crippen LogP contribution >= 0.6 is 11.6 Å². The molecule has 0 aliphatic heterocycles. The number of aromatic nitrogens is 3. The SMILES string of the molecule is CC(C)(Cl)c1nc(N)nc(Nc2c(F)c(F)c(F)c(F)c2F)n1. The van der Waals surface area contributed by atoms with Gasteiger partial charge in [-0.2, -0.15) is 15.0 Å². The van der Waals surface area contributed by atoms with Gasteiger partial charge in [-0.15, -0.1) is 11.6 Å². The van der Waals surface area contributed by atoms with Crippen molar-refractivity contribution in [2.24, 2.45) is 0 Å². The molecular formula is C12H9ClF5N5. The number of nitrogen functional groups attached to an aromatic ring is 1. The maximum Gasteiger partial charge on any atom is 0.232 e. The molecule has 0 atom stereocenters. The number of nitrogens with one attached hydrogen (secondary N) is 1. The van der Waals surface area contributed by atoms with Crippen LogP contribution in [0, 0.1) is 29.1 Å². The first-order valence-corrected chi connectivity index (χ1v) is 6.39. The smallest absolute Gasteiger partial charge is 0.232 e. The van der Waals surface area contributed by atoms with E-state index >= 15 is 0 Å². The van der Waals surface area contributed by atoms with Crippen molar-refractivity contribution >= 4 is 29.2 Å². The van der Waals surface area contributed by atoms with Crippen molar-refractivity contribution < 1.29 is 22.0 Å². The number of anilines is 3. The van der Waals surface area contributed by atoms with Gasteiger partial charge in [-0.25, -0.2) is 22.0 Å². The average molecular weight is 354 g/mol. The second kappa shape index (κ2) is 5.76. The zero-order chi connectivity index (χ0) is 17.5. The largest absolute Gasteiger partial charge is 0.368 e. The van der Waals surface area contributed by atoms with Crippen LogP contribution in [0.4, 0.5) is 39.5 Å². The van der Waals surface area contributed by atoms with Gasteiger partial charge in [0, 0.05) is 0 Å². The molecule has 0 radical (unpaired) electrons. The standard InChI is InChI=1S/C12H9ClF5N5/c1-12(2,13)9-21-10(19)23-11(22-9)20-8-6(17)4(15)3(14)5(16)7(8)18/h1-2H3,(H3,19,20,21,22,23). The number of rotatable bonds is 3. The minimum Gasteiger partial charge on any atom is -0.368 e. The highest BCUT2D eigenvalue weighted by atomic mass is 35.5. The summed E-state index contributed by atoms with van der Waals surface area (Å²) in [5, 5.41) is 1.91. The Hall–Kier alpha value is -2.23. The molecule has 0 spiro atoms. The van der Waals surface area contributed by atoms with Gasteiger partial charge in [0.25, 0.3) is 0 Å². The zero-order valence-corrected chi connectivity index (χ0v) is 12.4. The molecule has 2 aromatic rings. The van der Waals surface area contributed by atoms with E-state index in [1.807, 2.05) is 5.32 Å². The average Bonchev–Trinajstić information content (AvgIpc) is 2.46. The number of nitrogens with zero attached hydrogens (tertiary/aromatic N) is 3. The first-order valence-electron chi connectivity index (χ1n) is 6.01. The van der Waals surface area contributed by atoms with Crippen molar-refractivity contribution in [2.75, 3.05) is 11.1 Å². The minimum atomic E-state index is -2.27. The second-order valence-electron chi connectivity index (χ2n) is 4.88. The summed E-state index contributed by atoms with van der Waals surface area (Å²) in [6.45, 7) is 3.01. The number of hydrogen-bond donors (Lipinski definition) is 2. The lowest BCUT2D eigenvalue weighted by molar-refractivity contribution is 0.382. The highest BCUT2D eigenvalue weighted by molar-refractivity contribution is 6.23. The van der Waals surface area contributed by atoms with Gasteiger partial charge in [0.2, 0.25) is 17.7 Å². The summed E-state index contributed by atoms with van der Waals surface area (Å²) < 4.78 is 66.5. The van der Waals surface area contributed by atoms with Crippen molar-refractivity contribution in [1.82, 2.24) is 15.0 Å². The third-order valence-electron chi connectivity index (χ3n) is 2.63. The van der Waals surface area contributed by atoms with Crippen LogP contribution in [0.1, 0.15) is 19.7 Å². The van der Waals surface area contributed by atoms with Gasteiger partial charge in [0.05, 0.1) is 4.87 Å². The van der Waals surface area contributed by atoms with Crippen LogP contribution in [-0.2, 0) is 4.87 Å². The molecule has 0 unspecified atom stereocenters. The van der Waals surface area contributed by atoms with Crippen molar-refractivity contribution in [3.8, 4) is 0 Å². The minimum absolute atomic E-state index is 0.0574. The molecule has 1 aromatic heterocycles. The van der Waals surface area contributed by atoms with Gasteiger partial charge in [0.15, 0.2) is 29.1 Å². The van der Waals surface area contributed by atoms with E-state index in [9.17, 15) is 22.0 Å². The summed E-state index contributed by atoms with van der Waals surface area (Å²) >= 11 is 5.99. The number of halogens is 6. The van der Waals surface area contributed by atoms with Gasteiger partial charge in [0.1, 0.15) is 5.69 Å².